The van der Waals surface area contributed by atoms with Crippen LogP contribution in [0.25, 0.3) is 10.9 Å². The highest BCUT2D eigenvalue weighted by Gasteiger charge is 2.32. The maximum absolute atomic E-state index is 14.1. The first-order valence-electron chi connectivity index (χ1n) is 15.7. The number of amides is 3. The normalized spacial score (nSPS) is 13.7. The molecule has 0 saturated heterocycles. The first kappa shape index (κ1) is 34.8. The third-order valence-corrected chi connectivity index (χ3v) is 7.63. The molecule has 0 saturated carbocycles. The van der Waals surface area contributed by atoms with Gasteiger partial charge < -0.3 is 30.8 Å². The van der Waals surface area contributed by atoms with E-state index < -0.39 is 47.9 Å². The van der Waals surface area contributed by atoms with Crippen molar-refractivity contribution >= 4 is 34.6 Å². The number of hydrogen-bond donors (Lipinski definition) is 5. The molecule has 0 fully saturated rings. The summed E-state index contributed by atoms with van der Waals surface area (Å²) < 4.78 is 4.99. The number of esters is 1. The largest absolute Gasteiger partial charge is 0.466 e. The van der Waals surface area contributed by atoms with Crippen molar-refractivity contribution < 1.29 is 29.0 Å². The lowest BCUT2D eigenvalue weighted by Gasteiger charge is -2.28. The second-order valence-corrected chi connectivity index (χ2v) is 11.7. The molecule has 12 nitrogen and oxygen atoms in total. The molecule has 0 aliphatic heterocycles. The maximum atomic E-state index is 14.1. The van der Waals surface area contributed by atoms with Gasteiger partial charge in [-0.05, 0) is 49.1 Å². The monoisotopic (exact) mass is 642 g/mol. The van der Waals surface area contributed by atoms with E-state index in [4.69, 9.17) is 4.74 Å². The summed E-state index contributed by atoms with van der Waals surface area (Å²) in [6.45, 7) is 5.71. The minimum atomic E-state index is -1.21. The predicted molar refractivity (Wildman–Crippen MR) is 176 cm³/mol. The van der Waals surface area contributed by atoms with Gasteiger partial charge >= 0.3 is 5.97 Å². The number of carbonyl (C=O) groups is 4. The third kappa shape index (κ3) is 10.2. The van der Waals surface area contributed by atoms with E-state index in [0.717, 1.165) is 16.5 Å². The molecule has 0 bridgehead atoms. The molecule has 4 atom stereocenters. The number of imidazole rings is 1. The van der Waals surface area contributed by atoms with Gasteiger partial charge in [0.05, 0.1) is 37.0 Å². The van der Waals surface area contributed by atoms with Crippen LogP contribution in [0.1, 0.15) is 55.2 Å². The van der Waals surface area contributed by atoms with Gasteiger partial charge in [-0.15, -0.1) is 0 Å². The summed E-state index contributed by atoms with van der Waals surface area (Å²) in [6, 6.07) is 14.9. The van der Waals surface area contributed by atoms with Crippen molar-refractivity contribution in [1.29, 1.82) is 0 Å². The van der Waals surface area contributed by atoms with E-state index in [1.165, 1.54) is 6.33 Å². The smallest absolute Gasteiger partial charge is 0.308 e. The van der Waals surface area contributed by atoms with E-state index >= 15 is 0 Å². The average Bonchev–Trinajstić information content (AvgIpc) is 3.57. The van der Waals surface area contributed by atoms with Crippen molar-refractivity contribution in [3.8, 4) is 0 Å². The Morgan fingerprint density at radius 1 is 0.894 bits per heavy atom. The summed E-state index contributed by atoms with van der Waals surface area (Å²) in [4.78, 5) is 64.7. The van der Waals surface area contributed by atoms with Gasteiger partial charge in [-0.3, -0.25) is 24.2 Å². The molecule has 4 aromatic rings. The van der Waals surface area contributed by atoms with Crippen molar-refractivity contribution in [3.63, 3.8) is 0 Å². The number of ether oxygens (including phenoxy) is 1. The highest BCUT2D eigenvalue weighted by atomic mass is 16.5. The first-order valence-corrected chi connectivity index (χ1v) is 15.7. The number of rotatable bonds is 16. The van der Waals surface area contributed by atoms with E-state index in [1.807, 2.05) is 38.1 Å². The number of aromatic nitrogens is 3. The number of nitrogens with zero attached hydrogens (tertiary/aromatic N) is 2. The molecule has 2 aromatic carbocycles. The molecular weight excluding hydrogens is 600 g/mol. The van der Waals surface area contributed by atoms with Crippen LogP contribution in [-0.2, 0) is 32.0 Å². The second-order valence-electron chi connectivity index (χ2n) is 11.7. The van der Waals surface area contributed by atoms with Crippen LogP contribution in [0.5, 0.6) is 0 Å². The summed E-state index contributed by atoms with van der Waals surface area (Å²) in [7, 11) is 0. The number of hydrogen-bond acceptors (Lipinski definition) is 8. The number of H-pyrrole nitrogens is 1. The van der Waals surface area contributed by atoms with E-state index in [1.54, 1.807) is 55.7 Å². The Hall–Kier alpha value is -5.10. The Balaban J connectivity index is 1.60. The van der Waals surface area contributed by atoms with Crippen LogP contribution in [-0.4, -0.2) is 74.6 Å². The maximum Gasteiger partial charge on any atom is 0.308 e. The Morgan fingerprint density at radius 3 is 2.34 bits per heavy atom. The molecule has 2 unspecified atom stereocenters. The van der Waals surface area contributed by atoms with Crippen molar-refractivity contribution in [3.05, 3.63) is 96.2 Å². The van der Waals surface area contributed by atoms with E-state index in [2.05, 4.69) is 30.9 Å². The van der Waals surface area contributed by atoms with Crippen LogP contribution in [0, 0.1) is 5.92 Å². The standard InChI is InChI=1S/C35H42N6O6/c1-4-47-32(43)19-31(42)28(16-22(2)3)39-35(46)30(18-25-20-36-21-38-25)41-34(45)29(40-33(44)23-10-6-5-7-11-23)17-24-12-8-14-27-26(24)13-9-15-37-27/h5-15,20-22,28-31,42H,4,16-19H2,1-3H3,(H,36,38)(H,39,46)(H,40,44)(H,41,45)/t28?,29-,30-,31?/m0/s1. The third-order valence-electron chi connectivity index (χ3n) is 7.63. The van der Waals surface area contributed by atoms with Crippen molar-refractivity contribution in [2.24, 2.45) is 5.92 Å². The van der Waals surface area contributed by atoms with Gasteiger partial charge in [0.1, 0.15) is 12.1 Å². The first-order chi connectivity index (χ1) is 22.6. The Morgan fingerprint density at radius 2 is 1.64 bits per heavy atom. The SMILES string of the molecule is CCOC(=O)CC(O)C(CC(C)C)NC(=O)[C@H](Cc1cnc[nH]1)NC(=O)[C@H](Cc1cccc2ncccc12)NC(=O)c1ccccc1. The van der Waals surface area contributed by atoms with Crippen LogP contribution >= 0.6 is 0 Å². The zero-order chi connectivity index (χ0) is 33.8. The second kappa shape index (κ2) is 17.0. The fourth-order valence-electron chi connectivity index (χ4n) is 5.34. The minimum Gasteiger partial charge on any atom is -0.466 e. The topological polar surface area (TPSA) is 175 Å². The molecule has 2 aromatic heterocycles. The molecule has 47 heavy (non-hydrogen) atoms. The van der Waals surface area contributed by atoms with Crippen LogP contribution in [0.2, 0.25) is 0 Å². The molecule has 12 heteroatoms. The zero-order valence-corrected chi connectivity index (χ0v) is 26.8. The van der Waals surface area contributed by atoms with Crippen LogP contribution in [0.3, 0.4) is 0 Å². The lowest BCUT2D eigenvalue weighted by molar-refractivity contribution is -0.146. The molecular formula is C35H42N6O6. The number of nitrogens with one attached hydrogen (secondary N) is 4. The zero-order valence-electron chi connectivity index (χ0n) is 26.8. The molecule has 0 radical (unpaired) electrons. The number of carbonyl (C=O) groups excluding carboxylic acids is 4. The lowest BCUT2D eigenvalue weighted by atomic mass is 9.96. The number of aliphatic hydroxyl groups excluding tert-OH is 1. The Bertz CT molecular complexity index is 1620. The fourth-order valence-corrected chi connectivity index (χ4v) is 5.34. The van der Waals surface area contributed by atoms with Gasteiger partial charge in [0.15, 0.2) is 0 Å². The van der Waals surface area contributed by atoms with Gasteiger partial charge in [0, 0.05) is 41.9 Å². The van der Waals surface area contributed by atoms with Gasteiger partial charge in [-0.2, -0.15) is 0 Å². The number of fused-ring (bicyclic) bond motifs is 1. The molecule has 3 amide bonds. The number of pyridine rings is 1. The van der Waals surface area contributed by atoms with E-state index in [-0.39, 0.29) is 31.8 Å². The van der Waals surface area contributed by atoms with Crippen LogP contribution < -0.4 is 16.0 Å². The summed E-state index contributed by atoms with van der Waals surface area (Å²) in [5.41, 5.74) is 2.50. The van der Waals surface area contributed by atoms with E-state index in [0.29, 0.717) is 17.7 Å². The molecule has 2 heterocycles. The fraction of sp³-hybridized carbons (Fsp3) is 0.371. The summed E-state index contributed by atoms with van der Waals surface area (Å²) in [5.74, 6) is -2.10. The van der Waals surface area contributed by atoms with Crippen LogP contribution in [0.15, 0.2) is 79.4 Å². The predicted octanol–water partition coefficient (Wildman–Crippen LogP) is 2.87. The van der Waals surface area contributed by atoms with Crippen molar-refractivity contribution in [2.45, 2.75) is 70.7 Å². The molecule has 0 spiro atoms. The summed E-state index contributed by atoms with van der Waals surface area (Å²) in [5, 5.41) is 20.3. The molecule has 4 rings (SSSR count). The average molecular weight is 643 g/mol. The summed E-state index contributed by atoms with van der Waals surface area (Å²) >= 11 is 0. The highest BCUT2D eigenvalue weighted by Crippen LogP contribution is 2.19. The number of benzene rings is 2. The number of aliphatic hydroxyl groups is 1. The molecule has 5 N–H and O–H groups in total. The van der Waals surface area contributed by atoms with Gasteiger partial charge in [0.2, 0.25) is 11.8 Å². The summed E-state index contributed by atoms with van der Waals surface area (Å²) in [6.07, 6.45) is 3.75. The quantitative estimate of drug-likeness (QED) is 0.116. The minimum absolute atomic E-state index is 0.0531. The molecule has 0 aliphatic rings. The molecule has 248 valence electrons. The van der Waals surface area contributed by atoms with Crippen molar-refractivity contribution in [1.82, 2.24) is 30.9 Å². The van der Waals surface area contributed by atoms with Crippen LogP contribution in [0.4, 0.5) is 0 Å². The Labute approximate surface area is 273 Å². The number of aromatic amines is 1. The van der Waals surface area contributed by atoms with Gasteiger partial charge in [-0.1, -0.05) is 50.2 Å². The highest BCUT2D eigenvalue weighted by molar-refractivity contribution is 5.98. The Kier molecular flexibility index (Phi) is 12.6. The van der Waals surface area contributed by atoms with Gasteiger partial charge in [-0.25, -0.2) is 4.98 Å². The van der Waals surface area contributed by atoms with E-state index in [9.17, 15) is 24.3 Å². The van der Waals surface area contributed by atoms with Crippen molar-refractivity contribution in [2.75, 3.05) is 6.61 Å². The molecule has 0 aliphatic carbocycles. The lowest BCUT2D eigenvalue weighted by Crippen LogP contribution is -2.57. The van der Waals surface area contributed by atoms with Gasteiger partial charge in [0.25, 0.3) is 5.91 Å².